The molecule has 0 radical (unpaired) electrons. The summed E-state index contributed by atoms with van der Waals surface area (Å²) in [6, 6.07) is 16.3. The van der Waals surface area contributed by atoms with Crippen LogP contribution in [0.15, 0.2) is 60.8 Å². The fourth-order valence-electron chi connectivity index (χ4n) is 3.50. The summed E-state index contributed by atoms with van der Waals surface area (Å²) in [7, 11) is 0. The van der Waals surface area contributed by atoms with Crippen LogP contribution < -0.4 is 5.32 Å². The number of hydrogen-bond donors (Lipinski definition) is 4. The third-order valence-corrected chi connectivity index (χ3v) is 4.90. The monoisotopic (exact) mass is 421 g/mol. The number of carbonyl (C=O) groups is 1. The maximum atomic E-state index is 11.4. The van der Waals surface area contributed by atoms with E-state index in [1.165, 1.54) is 0 Å². The van der Waals surface area contributed by atoms with E-state index in [1.807, 2.05) is 37.3 Å². The lowest BCUT2D eigenvalue weighted by Crippen LogP contribution is -2.29. The summed E-state index contributed by atoms with van der Waals surface area (Å²) in [5.74, 6) is -0.711. The molecule has 1 aromatic heterocycles. The molecule has 0 aliphatic rings. The minimum absolute atomic E-state index is 0.116. The Hall–Kier alpha value is -3.42. The molecule has 0 atom stereocenters. The van der Waals surface area contributed by atoms with Gasteiger partial charge in [-0.1, -0.05) is 42.0 Å². The summed E-state index contributed by atoms with van der Waals surface area (Å²) in [5.41, 5.74) is 3.90. The highest BCUT2D eigenvalue weighted by atomic mass is 16.4. The molecule has 0 spiro atoms. The molecule has 0 aliphatic heterocycles. The number of carboxylic acids is 1. The number of nitrogens with one attached hydrogen (secondary N) is 1. The lowest BCUT2D eigenvalue weighted by atomic mass is 10.0. The lowest BCUT2D eigenvalue weighted by molar-refractivity contribution is -0.138. The van der Waals surface area contributed by atoms with E-state index < -0.39 is 5.97 Å². The molecule has 0 fully saturated rings. The summed E-state index contributed by atoms with van der Waals surface area (Å²) >= 11 is 0. The second-order valence-electron chi connectivity index (χ2n) is 7.52. The van der Waals surface area contributed by atoms with E-state index in [1.54, 1.807) is 35.4 Å². The molecule has 0 unspecified atom stereocenters. The molecule has 7 heteroatoms. The van der Waals surface area contributed by atoms with Crippen LogP contribution in [0.1, 0.15) is 27.9 Å². The van der Waals surface area contributed by atoms with Crippen LogP contribution in [-0.4, -0.2) is 37.7 Å². The van der Waals surface area contributed by atoms with Crippen LogP contribution in [0.25, 0.3) is 0 Å². The van der Waals surface area contributed by atoms with Gasteiger partial charge in [0.2, 0.25) is 0 Å². The third-order valence-electron chi connectivity index (χ3n) is 4.90. The number of nitrogens with zero attached hydrogens (tertiary/aromatic N) is 2. The maximum absolute atomic E-state index is 11.4. The fourth-order valence-corrected chi connectivity index (χ4v) is 3.50. The average molecular weight is 421 g/mol. The second kappa shape index (κ2) is 10.6. The third kappa shape index (κ3) is 6.53. The zero-order valence-corrected chi connectivity index (χ0v) is 17.5. The van der Waals surface area contributed by atoms with Crippen LogP contribution in [-0.2, 0) is 31.0 Å². The van der Waals surface area contributed by atoms with Gasteiger partial charge in [0.1, 0.15) is 11.5 Å². The highest BCUT2D eigenvalue weighted by Gasteiger charge is 2.17. The van der Waals surface area contributed by atoms with Crippen molar-refractivity contribution in [2.75, 3.05) is 6.54 Å². The molecule has 1 heterocycles. The van der Waals surface area contributed by atoms with E-state index in [4.69, 9.17) is 0 Å². The van der Waals surface area contributed by atoms with Crippen molar-refractivity contribution in [1.29, 1.82) is 0 Å². The van der Waals surface area contributed by atoms with Gasteiger partial charge >= 0.3 is 5.97 Å². The number of benzene rings is 2. The number of aliphatic carboxylic acids is 1. The first-order valence-electron chi connectivity index (χ1n) is 10.1. The summed E-state index contributed by atoms with van der Waals surface area (Å²) in [6.45, 7) is 3.24. The zero-order valence-electron chi connectivity index (χ0n) is 17.5. The van der Waals surface area contributed by atoms with Crippen LogP contribution >= 0.6 is 0 Å². The predicted molar refractivity (Wildman–Crippen MR) is 117 cm³/mol. The molecule has 0 saturated heterocycles. The van der Waals surface area contributed by atoms with Crippen LogP contribution in [0.5, 0.6) is 11.5 Å². The molecule has 2 aromatic carbocycles. The van der Waals surface area contributed by atoms with Gasteiger partial charge in [-0.15, -0.1) is 0 Å². The van der Waals surface area contributed by atoms with E-state index in [0.29, 0.717) is 24.2 Å². The SMILES string of the molecule is Cc1cc(CNCc2ccccn2)c(O)c(CN(CC(=O)O)Cc2ccccc2O)c1. The van der Waals surface area contributed by atoms with Crippen molar-refractivity contribution in [2.45, 2.75) is 33.1 Å². The van der Waals surface area contributed by atoms with Crippen molar-refractivity contribution < 1.29 is 20.1 Å². The predicted octanol–water partition coefficient (Wildman–Crippen LogP) is 3.18. The second-order valence-corrected chi connectivity index (χ2v) is 7.52. The van der Waals surface area contributed by atoms with E-state index in [9.17, 15) is 20.1 Å². The van der Waals surface area contributed by atoms with Crippen molar-refractivity contribution in [3.05, 3.63) is 88.7 Å². The molecule has 0 aliphatic carbocycles. The Morgan fingerprint density at radius 3 is 2.39 bits per heavy atom. The molecule has 0 amide bonds. The first-order chi connectivity index (χ1) is 14.9. The van der Waals surface area contributed by atoms with Gasteiger partial charge in [0.25, 0.3) is 0 Å². The summed E-state index contributed by atoms with van der Waals surface area (Å²) in [4.78, 5) is 17.3. The van der Waals surface area contributed by atoms with Crippen molar-refractivity contribution in [1.82, 2.24) is 15.2 Å². The van der Waals surface area contributed by atoms with Gasteiger partial charge in [0.15, 0.2) is 0 Å². The number of aromatic hydroxyl groups is 2. The molecule has 162 valence electrons. The van der Waals surface area contributed by atoms with Crippen molar-refractivity contribution in [3.8, 4) is 11.5 Å². The van der Waals surface area contributed by atoms with Gasteiger partial charge in [0.05, 0.1) is 12.2 Å². The zero-order chi connectivity index (χ0) is 22.2. The number of rotatable bonds is 10. The lowest BCUT2D eigenvalue weighted by Gasteiger charge is -2.22. The van der Waals surface area contributed by atoms with Gasteiger partial charge in [-0.3, -0.25) is 14.7 Å². The topological polar surface area (TPSA) is 106 Å². The first-order valence-corrected chi connectivity index (χ1v) is 10.1. The molecular weight excluding hydrogens is 394 g/mol. The van der Waals surface area contributed by atoms with Gasteiger partial charge < -0.3 is 20.6 Å². The number of pyridine rings is 1. The molecule has 31 heavy (non-hydrogen) atoms. The first kappa shape index (κ1) is 22.3. The number of para-hydroxylation sites is 1. The largest absolute Gasteiger partial charge is 0.508 e. The molecular formula is C24H27N3O4. The van der Waals surface area contributed by atoms with Crippen LogP contribution in [0.3, 0.4) is 0 Å². The maximum Gasteiger partial charge on any atom is 0.317 e. The molecule has 0 saturated carbocycles. The highest BCUT2D eigenvalue weighted by molar-refractivity contribution is 5.69. The van der Waals surface area contributed by atoms with Crippen LogP contribution in [0.2, 0.25) is 0 Å². The Morgan fingerprint density at radius 2 is 1.68 bits per heavy atom. The smallest absolute Gasteiger partial charge is 0.317 e. The molecule has 0 bridgehead atoms. The Balaban J connectivity index is 1.74. The molecule has 3 aromatic rings. The summed E-state index contributed by atoms with van der Waals surface area (Å²) in [5, 5.41) is 33.5. The van der Waals surface area contributed by atoms with E-state index in [0.717, 1.165) is 16.8 Å². The highest BCUT2D eigenvalue weighted by Crippen LogP contribution is 2.27. The van der Waals surface area contributed by atoms with Crippen molar-refractivity contribution in [2.24, 2.45) is 0 Å². The number of phenols is 2. The van der Waals surface area contributed by atoms with E-state index in [-0.39, 0.29) is 31.1 Å². The molecule has 4 N–H and O–H groups in total. The molecule has 3 rings (SSSR count). The van der Waals surface area contributed by atoms with Crippen molar-refractivity contribution in [3.63, 3.8) is 0 Å². The summed E-state index contributed by atoms with van der Waals surface area (Å²) in [6.07, 6.45) is 1.74. The average Bonchev–Trinajstić information content (AvgIpc) is 2.73. The molecule has 7 nitrogen and oxygen atoms in total. The Bertz CT molecular complexity index is 1020. The minimum Gasteiger partial charge on any atom is -0.508 e. The van der Waals surface area contributed by atoms with E-state index >= 15 is 0 Å². The standard InChI is InChI=1S/C24H27N3O4/c1-17-10-19(12-25-13-21-7-4-5-9-26-21)24(31)20(11-17)15-27(16-23(29)30)14-18-6-2-3-8-22(18)28/h2-11,25,28,31H,12-16H2,1H3,(H,29,30). The van der Waals surface area contributed by atoms with Crippen molar-refractivity contribution >= 4 is 5.97 Å². The van der Waals surface area contributed by atoms with Gasteiger partial charge in [-0.05, 0) is 25.1 Å². The van der Waals surface area contributed by atoms with Gasteiger partial charge in [0, 0.05) is 49.1 Å². The van der Waals surface area contributed by atoms with Gasteiger partial charge in [-0.2, -0.15) is 0 Å². The summed E-state index contributed by atoms with van der Waals surface area (Å²) < 4.78 is 0. The Labute approximate surface area is 181 Å². The number of aryl methyl sites for hydroxylation is 1. The number of phenolic OH excluding ortho intramolecular Hbond substituents is 2. The minimum atomic E-state index is -0.972. The van der Waals surface area contributed by atoms with Gasteiger partial charge in [-0.25, -0.2) is 0 Å². The Kier molecular flexibility index (Phi) is 7.59. The number of carboxylic acid groups (broad SMARTS) is 1. The number of hydrogen-bond acceptors (Lipinski definition) is 6. The normalized spacial score (nSPS) is 11.0. The van der Waals surface area contributed by atoms with Crippen LogP contribution in [0.4, 0.5) is 0 Å². The number of aromatic nitrogens is 1. The Morgan fingerprint density at radius 1 is 0.968 bits per heavy atom. The van der Waals surface area contributed by atoms with Crippen LogP contribution in [0, 0.1) is 6.92 Å². The quantitative estimate of drug-likeness (QED) is 0.398. The fraction of sp³-hybridized carbons (Fsp3) is 0.250. The van der Waals surface area contributed by atoms with E-state index in [2.05, 4.69) is 10.3 Å².